The molecular formula is C17H23NO2S. The normalized spacial score (nSPS) is 14.0. The summed E-state index contributed by atoms with van der Waals surface area (Å²) in [5, 5.41) is 17.8. The van der Waals surface area contributed by atoms with Crippen LogP contribution in [0.4, 0.5) is 0 Å². The van der Waals surface area contributed by atoms with Crippen molar-refractivity contribution in [1.82, 2.24) is 5.32 Å². The third-order valence-corrected chi connectivity index (χ3v) is 4.35. The number of aryl methyl sites for hydroxylation is 2. The molecule has 2 aromatic rings. The van der Waals surface area contributed by atoms with Gasteiger partial charge in [-0.1, -0.05) is 12.1 Å². The molecule has 0 amide bonds. The van der Waals surface area contributed by atoms with Crippen LogP contribution in [0.15, 0.2) is 29.0 Å². The molecule has 114 valence electrons. The lowest BCUT2D eigenvalue weighted by Gasteiger charge is -2.23. The van der Waals surface area contributed by atoms with Gasteiger partial charge in [0.05, 0.1) is 12.7 Å². The van der Waals surface area contributed by atoms with E-state index in [0.717, 1.165) is 29.0 Å². The van der Waals surface area contributed by atoms with Gasteiger partial charge in [0.1, 0.15) is 5.75 Å². The van der Waals surface area contributed by atoms with Crippen molar-refractivity contribution in [3.05, 3.63) is 51.2 Å². The molecule has 0 aliphatic carbocycles. The number of rotatable bonds is 6. The Bertz CT molecular complexity index is 568. The Morgan fingerprint density at radius 3 is 2.48 bits per heavy atom. The van der Waals surface area contributed by atoms with E-state index in [4.69, 9.17) is 4.74 Å². The van der Waals surface area contributed by atoms with Crippen molar-refractivity contribution in [3.63, 3.8) is 0 Å². The molecule has 0 saturated heterocycles. The molecule has 0 saturated carbocycles. The Morgan fingerprint density at radius 2 is 1.95 bits per heavy atom. The smallest absolute Gasteiger partial charge is 0.124 e. The Labute approximate surface area is 130 Å². The van der Waals surface area contributed by atoms with Crippen LogP contribution in [-0.4, -0.2) is 18.8 Å². The number of nitrogens with one attached hydrogen (secondary N) is 1. The van der Waals surface area contributed by atoms with E-state index in [9.17, 15) is 5.11 Å². The molecule has 1 heterocycles. The largest absolute Gasteiger partial charge is 0.496 e. The lowest BCUT2D eigenvalue weighted by molar-refractivity contribution is 0.0571. The molecule has 0 fully saturated rings. The van der Waals surface area contributed by atoms with Crippen LogP contribution in [-0.2, 0) is 12.1 Å². The summed E-state index contributed by atoms with van der Waals surface area (Å²) in [6.45, 7) is 7.19. The fraction of sp³-hybridized carbons (Fsp3) is 0.412. The summed E-state index contributed by atoms with van der Waals surface area (Å²) in [5.41, 5.74) is 3.60. The number of methoxy groups -OCH3 is 1. The average Bonchev–Trinajstić information content (AvgIpc) is 2.92. The minimum Gasteiger partial charge on any atom is -0.496 e. The van der Waals surface area contributed by atoms with Crippen LogP contribution in [0.2, 0.25) is 0 Å². The van der Waals surface area contributed by atoms with Crippen LogP contribution in [0.25, 0.3) is 0 Å². The quantitative estimate of drug-likeness (QED) is 0.860. The van der Waals surface area contributed by atoms with Crippen LogP contribution >= 0.6 is 11.3 Å². The third kappa shape index (κ3) is 3.84. The summed E-state index contributed by atoms with van der Waals surface area (Å²) < 4.78 is 5.38. The molecule has 0 aliphatic heterocycles. The van der Waals surface area contributed by atoms with E-state index in [1.165, 1.54) is 5.56 Å². The van der Waals surface area contributed by atoms with Crippen LogP contribution in [0, 0.1) is 13.8 Å². The fourth-order valence-electron chi connectivity index (χ4n) is 2.59. The first kappa shape index (κ1) is 16.0. The van der Waals surface area contributed by atoms with E-state index in [1.807, 2.05) is 23.8 Å². The van der Waals surface area contributed by atoms with Crippen molar-refractivity contribution in [2.75, 3.05) is 13.7 Å². The highest BCUT2D eigenvalue weighted by Crippen LogP contribution is 2.25. The first-order chi connectivity index (χ1) is 9.94. The molecule has 2 rings (SSSR count). The van der Waals surface area contributed by atoms with E-state index in [1.54, 1.807) is 18.4 Å². The van der Waals surface area contributed by atoms with Crippen molar-refractivity contribution < 1.29 is 9.84 Å². The van der Waals surface area contributed by atoms with Gasteiger partial charge in [-0.2, -0.15) is 11.3 Å². The number of ether oxygens (including phenoxy) is 1. The maximum Gasteiger partial charge on any atom is 0.124 e. The molecule has 4 heteroatoms. The monoisotopic (exact) mass is 305 g/mol. The van der Waals surface area contributed by atoms with Gasteiger partial charge in [-0.3, -0.25) is 0 Å². The summed E-state index contributed by atoms with van der Waals surface area (Å²) in [5.74, 6) is 0.948. The number of hydrogen-bond donors (Lipinski definition) is 2. The van der Waals surface area contributed by atoms with Crippen molar-refractivity contribution in [2.45, 2.75) is 32.9 Å². The molecule has 0 spiro atoms. The molecule has 1 atom stereocenters. The Morgan fingerprint density at radius 1 is 1.29 bits per heavy atom. The van der Waals surface area contributed by atoms with Crippen molar-refractivity contribution in [2.24, 2.45) is 0 Å². The molecule has 1 aromatic carbocycles. The van der Waals surface area contributed by atoms with E-state index in [2.05, 4.69) is 31.3 Å². The van der Waals surface area contributed by atoms with Gasteiger partial charge in [-0.05, 0) is 59.9 Å². The molecule has 1 aromatic heterocycles. The van der Waals surface area contributed by atoms with Crippen molar-refractivity contribution in [1.29, 1.82) is 0 Å². The van der Waals surface area contributed by atoms with Crippen LogP contribution in [0.1, 0.15) is 29.2 Å². The fourth-order valence-corrected chi connectivity index (χ4v) is 3.37. The van der Waals surface area contributed by atoms with E-state index >= 15 is 0 Å². The number of benzene rings is 1. The summed E-state index contributed by atoms with van der Waals surface area (Å²) in [7, 11) is 1.70. The molecule has 0 radical (unpaired) electrons. The van der Waals surface area contributed by atoms with Gasteiger partial charge >= 0.3 is 0 Å². The highest BCUT2D eigenvalue weighted by Gasteiger charge is 2.22. The molecule has 3 nitrogen and oxygen atoms in total. The molecule has 0 aliphatic rings. The van der Waals surface area contributed by atoms with Crippen molar-refractivity contribution >= 4 is 11.3 Å². The molecule has 0 bridgehead atoms. The minimum atomic E-state index is -0.837. The van der Waals surface area contributed by atoms with Crippen LogP contribution in [0.5, 0.6) is 5.75 Å². The predicted octanol–water partition coefficient (Wildman–Crippen LogP) is 3.37. The molecule has 2 N–H and O–H groups in total. The summed E-state index contributed by atoms with van der Waals surface area (Å²) in [4.78, 5) is 0. The average molecular weight is 305 g/mol. The summed E-state index contributed by atoms with van der Waals surface area (Å²) in [6, 6.07) is 6.21. The zero-order valence-electron chi connectivity index (χ0n) is 13.1. The zero-order chi connectivity index (χ0) is 15.5. The molecule has 1 unspecified atom stereocenters. The second kappa shape index (κ2) is 6.60. The highest BCUT2D eigenvalue weighted by atomic mass is 32.1. The Balaban J connectivity index is 1.98. The number of aliphatic hydroxyl groups is 1. The first-order valence-electron chi connectivity index (χ1n) is 7.04. The first-order valence-corrected chi connectivity index (χ1v) is 7.98. The van der Waals surface area contributed by atoms with Gasteiger partial charge in [-0.25, -0.2) is 0 Å². The summed E-state index contributed by atoms with van der Waals surface area (Å²) >= 11 is 1.60. The maximum atomic E-state index is 10.5. The number of thiophene rings is 1. The van der Waals surface area contributed by atoms with Crippen molar-refractivity contribution in [3.8, 4) is 5.75 Å². The van der Waals surface area contributed by atoms with E-state index < -0.39 is 5.60 Å². The standard InChI is InChI=1S/C17H23NO2S/c1-12-7-14(8-13(2)16(12)20-4)9-18-11-17(3,19)15-5-6-21-10-15/h5-8,10,18-19H,9,11H2,1-4H3. The lowest BCUT2D eigenvalue weighted by atomic mass is 9.99. The third-order valence-electron chi connectivity index (χ3n) is 3.67. The van der Waals surface area contributed by atoms with Gasteiger partial charge in [-0.15, -0.1) is 0 Å². The Kier molecular flexibility index (Phi) is 5.04. The second-order valence-electron chi connectivity index (χ2n) is 5.65. The Hall–Kier alpha value is -1.36. The minimum absolute atomic E-state index is 0.522. The maximum absolute atomic E-state index is 10.5. The van der Waals surface area contributed by atoms with Crippen LogP contribution in [0.3, 0.4) is 0 Å². The van der Waals surface area contributed by atoms with Crippen LogP contribution < -0.4 is 10.1 Å². The predicted molar refractivity (Wildman–Crippen MR) is 88.1 cm³/mol. The van der Waals surface area contributed by atoms with Gasteiger partial charge in [0.25, 0.3) is 0 Å². The zero-order valence-corrected chi connectivity index (χ0v) is 13.9. The highest BCUT2D eigenvalue weighted by molar-refractivity contribution is 7.08. The van der Waals surface area contributed by atoms with E-state index in [0.29, 0.717) is 6.54 Å². The van der Waals surface area contributed by atoms with Gasteiger partial charge in [0, 0.05) is 13.1 Å². The SMILES string of the molecule is COc1c(C)cc(CNCC(C)(O)c2ccsc2)cc1C. The van der Waals surface area contributed by atoms with Gasteiger partial charge in [0.2, 0.25) is 0 Å². The van der Waals surface area contributed by atoms with Gasteiger partial charge < -0.3 is 15.2 Å². The second-order valence-corrected chi connectivity index (χ2v) is 6.43. The summed E-state index contributed by atoms with van der Waals surface area (Å²) in [6.07, 6.45) is 0. The molecular weight excluding hydrogens is 282 g/mol. The van der Waals surface area contributed by atoms with Gasteiger partial charge in [0.15, 0.2) is 0 Å². The topological polar surface area (TPSA) is 41.5 Å². The lowest BCUT2D eigenvalue weighted by Crippen LogP contribution is -2.34. The van der Waals surface area contributed by atoms with E-state index in [-0.39, 0.29) is 0 Å². The number of hydrogen-bond acceptors (Lipinski definition) is 4. The molecule has 21 heavy (non-hydrogen) atoms.